The van der Waals surface area contributed by atoms with E-state index in [1.165, 1.54) is 16.7 Å². The molecular weight excluding hydrogens is 328 g/mol. The van der Waals surface area contributed by atoms with Gasteiger partial charge in [0.1, 0.15) is 0 Å². The first-order chi connectivity index (χ1) is 12.4. The van der Waals surface area contributed by atoms with Gasteiger partial charge in [-0.2, -0.15) is 0 Å². The monoisotopic (exact) mass is 358 g/mol. The lowest BCUT2D eigenvalue weighted by Crippen LogP contribution is -2.50. The number of rotatable bonds is 6. The van der Waals surface area contributed by atoms with Crippen LogP contribution < -0.4 is 0 Å². The first kappa shape index (κ1) is 18.9. The molecule has 1 aromatic carbocycles. The molecule has 1 N–H and O–H groups in total. The van der Waals surface area contributed by atoms with Crippen LogP contribution in [-0.2, 0) is 15.0 Å². The third-order valence-electron chi connectivity index (χ3n) is 5.95. The number of carbonyl (C=O) groups is 2. The van der Waals surface area contributed by atoms with Gasteiger partial charge in [-0.15, -0.1) is 0 Å². The average molecular weight is 358 g/mol. The predicted molar refractivity (Wildman–Crippen MR) is 101 cm³/mol. The van der Waals surface area contributed by atoms with Crippen molar-refractivity contribution in [3.8, 4) is 0 Å². The van der Waals surface area contributed by atoms with Gasteiger partial charge in [-0.3, -0.25) is 14.5 Å². The Labute approximate surface area is 156 Å². The fourth-order valence-electron chi connectivity index (χ4n) is 4.41. The summed E-state index contributed by atoms with van der Waals surface area (Å²) in [6, 6.07) is 6.74. The number of aryl methyl sites for hydroxylation is 2. The molecule has 5 heteroatoms. The quantitative estimate of drug-likeness (QED) is 0.849. The predicted octanol–water partition coefficient (Wildman–Crippen LogP) is 2.73. The van der Waals surface area contributed by atoms with Crippen LogP contribution >= 0.6 is 0 Å². The third-order valence-corrected chi connectivity index (χ3v) is 5.95. The molecule has 1 saturated heterocycles. The van der Waals surface area contributed by atoms with Gasteiger partial charge >= 0.3 is 5.97 Å². The molecule has 0 atom stereocenters. The largest absolute Gasteiger partial charge is 0.480 e. The molecule has 1 aliphatic carbocycles. The Morgan fingerprint density at radius 2 is 1.73 bits per heavy atom. The van der Waals surface area contributed by atoms with Gasteiger partial charge in [-0.25, -0.2) is 0 Å². The molecule has 1 aromatic rings. The molecule has 26 heavy (non-hydrogen) atoms. The Morgan fingerprint density at radius 1 is 1.15 bits per heavy atom. The smallest absolute Gasteiger partial charge is 0.317 e. The molecule has 5 nitrogen and oxygen atoms in total. The van der Waals surface area contributed by atoms with E-state index >= 15 is 0 Å². The van der Waals surface area contributed by atoms with Crippen LogP contribution in [0.5, 0.6) is 0 Å². The highest BCUT2D eigenvalue weighted by Crippen LogP contribution is 2.50. The zero-order valence-electron chi connectivity index (χ0n) is 16.1. The molecular formula is C21H30N2O3. The number of carboxylic acids is 1. The number of carbonyl (C=O) groups excluding carboxylic acids is 1. The van der Waals surface area contributed by atoms with Gasteiger partial charge < -0.3 is 10.0 Å². The van der Waals surface area contributed by atoms with E-state index in [1.807, 2.05) is 16.7 Å². The van der Waals surface area contributed by atoms with Crippen LogP contribution in [0.4, 0.5) is 0 Å². The summed E-state index contributed by atoms with van der Waals surface area (Å²) in [7, 11) is 0. The number of aliphatic carboxylic acids is 1. The van der Waals surface area contributed by atoms with Crippen LogP contribution in [0.15, 0.2) is 18.2 Å². The lowest BCUT2D eigenvalue weighted by Gasteiger charge is -2.39. The number of likely N-dealkylation sites (tertiary alicyclic amines) is 1. The molecule has 0 aromatic heterocycles. The molecule has 0 unspecified atom stereocenters. The summed E-state index contributed by atoms with van der Waals surface area (Å²) in [5.41, 5.74) is 3.29. The van der Waals surface area contributed by atoms with Crippen molar-refractivity contribution in [3.05, 3.63) is 34.9 Å². The standard InChI is InChI=1S/C21H30N2O3/c1-4-22(14-19(24)25)18-5-9-23(10-6-18)20(26)21(7-8-21)17-12-15(2)11-16(3)13-17/h11-13,18H,4-10,14H2,1-3H3,(H,24,25). The van der Waals surface area contributed by atoms with Crippen LogP contribution in [0, 0.1) is 13.8 Å². The molecule has 1 saturated carbocycles. The van der Waals surface area contributed by atoms with Gasteiger partial charge in [0.15, 0.2) is 0 Å². The summed E-state index contributed by atoms with van der Waals surface area (Å²) in [6.45, 7) is 8.45. The van der Waals surface area contributed by atoms with Gasteiger partial charge in [0.05, 0.1) is 12.0 Å². The van der Waals surface area contributed by atoms with E-state index in [1.54, 1.807) is 0 Å². The van der Waals surface area contributed by atoms with Crippen LogP contribution in [-0.4, -0.2) is 59.0 Å². The summed E-state index contributed by atoms with van der Waals surface area (Å²) in [6.07, 6.45) is 3.59. The van der Waals surface area contributed by atoms with Gasteiger partial charge in [0.2, 0.25) is 5.91 Å². The van der Waals surface area contributed by atoms with E-state index < -0.39 is 5.97 Å². The van der Waals surface area contributed by atoms with E-state index in [2.05, 4.69) is 32.0 Å². The minimum absolute atomic E-state index is 0.0849. The highest BCUT2D eigenvalue weighted by Gasteiger charge is 2.53. The van der Waals surface area contributed by atoms with E-state index in [9.17, 15) is 9.59 Å². The maximum Gasteiger partial charge on any atom is 0.317 e. The normalized spacial score (nSPS) is 19.6. The van der Waals surface area contributed by atoms with Crippen LogP contribution in [0.3, 0.4) is 0 Å². The summed E-state index contributed by atoms with van der Waals surface area (Å²) in [5.74, 6) is -0.515. The summed E-state index contributed by atoms with van der Waals surface area (Å²) in [5, 5.41) is 9.07. The van der Waals surface area contributed by atoms with Crippen molar-refractivity contribution >= 4 is 11.9 Å². The maximum absolute atomic E-state index is 13.2. The van der Waals surface area contributed by atoms with Crippen molar-refractivity contribution in [2.75, 3.05) is 26.2 Å². The van der Waals surface area contributed by atoms with Crippen molar-refractivity contribution in [1.82, 2.24) is 9.80 Å². The Hall–Kier alpha value is -1.88. The number of piperidine rings is 1. The Balaban J connectivity index is 1.66. The van der Waals surface area contributed by atoms with Crippen LogP contribution in [0.2, 0.25) is 0 Å². The number of amides is 1. The molecule has 142 valence electrons. The maximum atomic E-state index is 13.2. The molecule has 2 fully saturated rings. The summed E-state index contributed by atoms with van der Waals surface area (Å²) >= 11 is 0. The van der Waals surface area contributed by atoms with E-state index in [0.717, 1.165) is 45.3 Å². The van der Waals surface area contributed by atoms with Crippen molar-refractivity contribution in [2.45, 2.75) is 57.9 Å². The molecule has 0 bridgehead atoms. The highest BCUT2D eigenvalue weighted by atomic mass is 16.4. The zero-order valence-corrected chi connectivity index (χ0v) is 16.1. The topological polar surface area (TPSA) is 60.9 Å². The fraction of sp³-hybridized carbons (Fsp3) is 0.619. The number of benzene rings is 1. The minimum Gasteiger partial charge on any atom is -0.480 e. The zero-order chi connectivity index (χ0) is 18.9. The van der Waals surface area contributed by atoms with Crippen molar-refractivity contribution in [1.29, 1.82) is 0 Å². The Bertz CT molecular complexity index is 668. The van der Waals surface area contributed by atoms with Gasteiger partial charge in [0, 0.05) is 19.1 Å². The fourth-order valence-corrected chi connectivity index (χ4v) is 4.41. The SMILES string of the molecule is CCN(CC(=O)O)C1CCN(C(=O)C2(c3cc(C)cc(C)c3)CC2)CC1. The van der Waals surface area contributed by atoms with Crippen LogP contribution in [0.25, 0.3) is 0 Å². The summed E-state index contributed by atoms with van der Waals surface area (Å²) in [4.78, 5) is 28.3. The number of carboxylic acid groups (broad SMARTS) is 1. The second-order valence-electron chi connectivity index (χ2n) is 7.94. The molecule has 0 spiro atoms. The van der Waals surface area contributed by atoms with Crippen LogP contribution in [0.1, 0.15) is 49.3 Å². The lowest BCUT2D eigenvalue weighted by molar-refractivity contribution is -0.140. The first-order valence-electron chi connectivity index (χ1n) is 9.69. The van der Waals surface area contributed by atoms with Crippen molar-refractivity contribution in [3.63, 3.8) is 0 Å². The number of hydrogen-bond acceptors (Lipinski definition) is 3. The number of nitrogens with zero attached hydrogens (tertiary/aromatic N) is 2. The van der Waals surface area contributed by atoms with Crippen molar-refractivity contribution in [2.24, 2.45) is 0 Å². The molecule has 1 heterocycles. The average Bonchev–Trinajstić information content (AvgIpc) is 3.40. The van der Waals surface area contributed by atoms with E-state index in [-0.39, 0.29) is 23.9 Å². The highest BCUT2D eigenvalue weighted by molar-refractivity contribution is 5.91. The molecule has 0 radical (unpaired) electrons. The Morgan fingerprint density at radius 3 is 2.19 bits per heavy atom. The van der Waals surface area contributed by atoms with Crippen molar-refractivity contribution < 1.29 is 14.7 Å². The van der Waals surface area contributed by atoms with E-state index in [0.29, 0.717) is 0 Å². The van der Waals surface area contributed by atoms with Gasteiger partial charge in [-0.1, -0.05) is 36.2 Å². The second-order valence-corrected chi connectivity index (χ2v) is 7.94. The summed E-state index contributed by atoms with van der Waals surface area (Å²) < 4.78 is 0. The molecule has 1 amide bonds. The van der Waals surface area contributed by atoms with E-state index in [4.69, 9.17) is 5.11 Å². The minimum atomic E-state index is -0.780. The Kier molecular flexibility index (Phi) is 5.37. The lowest BCUT2D eigenvalue weighted by atomic mass is 9.90. The number of hydrogen-bond donors (Lipinski definition) is 1. The number of likely N-dealkylation sites (N-methyl/N-ethyl adjacent to an activating group) is 1. The second kappa shape index (κ2) is 7.39. The molecule has 3 rings (SSSR count). The third kappa shape index (κ3) is 3.78. The molecule has 1 aliphatic heterocycles. The van der Waals surface area contributed by atoms with Gasteiger partial charge in [0.25, 0.3) is 0 Å². The molecule has 2 aliphatic rings. The first-order valence-corrected chi connectivity index (χ1v) is 9.69. The van der Waals surface area contributed by atoms with Gasteiger partial charge in [-0.05, 0) is 51.6 Å².